The summed E-state index contributed by atoms with van der Waals surface area (Å²) in [5, 5.41) is 5.26. The van der Waals surface area contributed by atoms with Crippen LogP contribution in [0.5, 0.6) is 0 Å². The molecule has 1 aromatic carbocycles. The summed E-state index contributed by atoms with van der Waals surface area (Å²) in [5.74, 6) is -1.77. The number of thiophene rings is 1. The summed E-state index contributed by atoms with van der Waals surface area (Å²) in [7, 11) is 0. The number of benzene rings is 1. The Bertz CT molecular complexity index is 1090. The Labute approximate surface area is 138 Å². The fourth-order valence-corrected chi connectivity index (χ4v) is 3.68. The molecule has 4 aromatic rings. The van der Waals surface area contributed by atoms with Gasteiger partial charge in [-0.2, -0.15) is 0 Å². The van der Waals surface area contributed by atoms with Gasteiger partial charge in [0.05, 0.1) is 10.4 Å². The van der Waals surface area contributed by atoms with Crippen molar-refractivity contribution in [2.45, 2.75) is 13.8 Å². The van der Waals surface area contributed by atoms with E-state index in [0.717, 1.165) is 32.8 Å². The lowest BCUT2D eigenvalue weighted by atomic mass is 10.2. The van der Waals surface area contributed by atoms with Gasteiger partial charge in [-0.15, -0.1) is 16.4 Å². The molecule has 23 heavy (non-hydrogen) atoms. The van der Waals surface area contributed by atoms with Crippen molar-refractivity contribution < 1.29 is 8.78 Å². The highest BCUT2D eigenvalue weighted by molar-refractivity contribution is 7.18. The molecule has 8 heteroatoms. The van der Waals surface area contributed by atoms with E-state index in [4.69, 9.17) is 11.6 Å². The standard InChI is InChI=1S/C15H9ClF2N4S/c1-6-7(2)23-15-12(6)14-20-13(21-22(14)5-19-15)8-3-10(17)11(18)4-9(8)16/h3-5H,1-2H3. The molecule has 116 valence electrons. The second kappa shape index (κ2) is 4.94. The first-order valence-corrected chi connectivity index (χ1v) is 7.91. The molecule has 3 heterocycles. The highest BCUT2D eigenvalue weighted by Gasteiger charge is 2.18. The molecule has 0 spiro atoms. The average molecular weight is 351 g/mol. The number of fused-ring (bicyclic) bond motifs is 3. The molecule has 0 atom stereocenters. The molecule has 3 aromatic heterocycles. The molecule has 0 aliphatic carbocycles. The zero-order chi connectivity index (χ0) is 16.3. The van der Waals surface area contributed by atoms with Crippen LogP contribution in [0.2, 0.25) is 5.02 Å². The lowest BCUT2D eigenvalue weighted by Crippen LogP contribution is -1.91. The zero-order valence-electron chi connectivity index (χ0n) is 12.1. The van der Waals surface area contributed by atoms with E-state index in [1.165, 1.54) is 4.52 Å². The third-order valence-corrected chi connectivity index (χ3v) is 5.18. The fraction of sp³-hybridized carbons (Fsp3) is 0.133. The normalized spacial score (nSPS) is 11.7. The summed E-state index contributed by atoms with van der Waals surface area (Å²) in [6.45, 7) is 4.01. The van der Waals surface area contributed by atoms with E-state index in [9.17, 15) is 8.78 Å². The van der Waals surface area contributed by atoms with Gasteiger partial charge in [0.15, 0.2) is 23.1 Å². The van der Waals surface area contributed by atoms with Crippen LogP contribution in [0.3, 0.4) is 0 Å². The fourth-order valence-electron chi connectivity index (χ4n) is 2.45. The minimum atomic E-state index is -1.00. The second-order valence-corrected chi connectivity index (χ2v) is 6.77. The van der Waals surface area contributed by atoms with E-state index in [1.807, 2.05) is 13.8 Å². The number of halogens is 3. The van der Waals surface area contributed by atoms with Crippen LogP contribution in [-0.2, 0) is 0 Å². The van der Waals surface area contributed by atoms with Crippen molar-refractivity contribution in [3.8, 4) is 11.4 Å². The third kappa shape index (κ3) is 2.11. The SMILES string of the molecule is Cc1sc2ncn3nc(-c4cc(F)c(F)cc4Cl)nc3c2c1C. The molecule has 4 rings (SSSR count). The van der Waals surface area contributed by atoms with Crippen LogP contribution < -0.4 is 0 Å². The summed E-state index contributed by atoms with van der Waals surface area (Å²) in [4.78, 5) is 10.8. The first-order chi connectivity index (χ1) is 11.0. The van der Waals surface area contributed by atoms with Gasteiger partial charge in [0.2, 0.25) is 0 Å². The minimum absolute atomic E-state index is 0.0576. The molecule has 0 aliphatic rings. The van der Waals surface area contributed by atoms with Crippen LogP contribution in [0.1, 0.15) is 10.4 Å². The van der Waals surface area contributed by atoms with Crippen LogP contribution >= 0.6 is 22.9 Å². The van der Waals surface area contributed by atoms with Crippen molar-refractivity contribution in [2.24, 2.45) is 0 Å². The lowest BCUT2D eigenvalue weighted by molar-refractivity contribution is 0.509. The van der Waals surface area contributed by atoms with Gasteiger partial charge in [-0.05, 0) is 31.5 Å². The van der Waals surface area contributed by atoms with Gasteiger partial charge in [0, 0.05) is 10.4 Å². The van der Waals surface area contributed by atoms with Crippen LogP contribution in [0.4, 0.5) is 8.78 Å². The summed E-state index contributed by atoms with van der Waals surface area (Å²) < 4.78 is 28.3. The Hall–Kier alpha value is -2.12. The molecule has 0 N–H and O–H groups in total. The van der Waals surface area contributed by atoms with Crippen LogP contribution in [0.15, 0.2) is 18.5 Å². The summed E-state index contributed by atoms with van der Waals surface area (Å²) in [5.41, 5.74) is 1.94. The van der Waals surface area contributed by atoms with Gasteiger partial charge in [-0.1, -0.05) is 11.6 Å². The van der Waals surface area contributed by atoms with Crippen molar-refractivity contribution in [3.05, 3.63) is 45.6 Å². The number of rotatable bonds is 1. The van der Waals surface area contributed by atoms with E-state index >= 15 is 0 Å². The van der Waals surface area contributed by atoms with Gasteiger partial charge in [0.1, 0.15) is 11.2 Å². The van der Waals surface area contributed by atoms with Gasteiger partial charge in [-0.3, -0.25) is 0 Å². The Kier molecular flexibility index (Phi) is 3.11. The van der Waals surface area contributed by atoms with E-state index < -0.39 is 11.6 Å². The largest absolute Gasteiger partial charge is 0.225 e. The number of aromatic nitrogens is 4. The van der Waals surface area contributed by atoms with Gasteiger partial charge < -0.3 is 0 Å². The molecule has 0 radical (unpaired) electrons. The van der Waals surface area contributed by atoms with Gasteiger partial charge >= 0.3 is 0 Å². The van der Waals surface area contributed by atoms with E-state index in [-0.39, 0.29) is 16.4 Å². The van der Waals surface area contributed by atoms with Crippen molar-refractivity contribution >= 4 is 38.8 Å². The molecule has 0 aliphatic heterocycles. The number of hydrogen-bond acceptors (Lipinski definition) is 4. The van der Waals surface area contributed by atoms with E-state index in [1.54, 1.807) is 17.7 Å². The number of hydrogen-bond donors (Lipinski definition) is 0. The molecule has 0 bridgehead atoms. The lowest BCUT2D eigenvalue weighted by Gasteiger charge is -2.00. The predicted molar refractivity (Wildman–Crippen MR) is 86.0 cm³/mol. The van der Waals surface area contributed by atoms with Crippen molar-refractivity contribution in [3.63, 3.8) is 0 Å². The van der Waals surface area contributed by atoms with Crippen molar-refractivity contribution in [1.29, 1.82) is 0 Å². The Morgan fingerprint density at radius 3 is 2.70 bits per heavy atom. The van der Waals surface area contributed by atoms with Crippen LogP contribution in [0, 0.1) is 25.5 Å². The molecule has 0 unspecified atom stereocenters. The summed E-state index contributed by atoms with van der Waals surface area (Å²) >= 11 is 7.59. The van der Waals surface area contributed by atoms with Crippen LogP contribution in [-0.4, -0.2) is 19.6 Å². The molecular formula is C15H9ClF2N4S. The third-order valence-electron chi connectivity index (χ3n) is 3.76. The molecule has 0 saturated carbocycles. The Morgan fingerprint density at radius 1 is 1.17 bits per heavy atom. The maximum atomic E-state index is 13.5. The minimum Gasteiger partial charge on any atom is -0.225 e. The summed E-state index contributed by atoms with van der Waals surface area (Å²) in [6, 6.07) is 1.93. The average Bonchev–Trinajstić information content (AvgIpc) is 3.04. The van der Waals surface area contributed by atoms with Crippen LogP contribution in [0.25, 0.3) is 27.3 Å². The van der Waals surface area contributed by atoms with E-state index in [0.29, 0.717) is 5.65 Å². The van der Waals surface area contributed by atoms with Gasteiger partial charge in [0.25, 0.3) is 0 Å². The zero-order valence-corrected chi connectivity index (χ0v) is 13.6. The van der Waals surface area contributed by atoms with Crippen molar-refractivity contribution in [1.82, 2.24) is 19.6 Å². The maximum Gasteiger partial charge on any atom is 0.183 e. The quantitative estimate of drug-likeness (QED) is 0.473. The topological polar surface area (TPSA) is 43.1 Å². The number of aryl methyl sites for hydroxylation is 2. The highest BCUT2D eigenvalue weighted by atomic mass is 35.5. The highest BCUT2D eigenvalue weighted by Crippen LogP contribution is 2.33. The first-order valence-electron chi connectivity index (χ1n) is 6.71. The summed E-state index contributed by atoms with van der Waals surface area (Å²) in [6.07, 6.45) is 1.55. The Balaban J connectivity index is 2.03. The molecule has 4 nitrogen and oxygen atoms in total. The Morgan fingerprint density at radius 2 is 1.91 bits per heavy atom. The second-order valence-electron chi connectivity index (χ2n) is 5.16. The molecule has 0 fully saturated rings. The van der Waals surface area contributed by atoms with E-state index in [2.05, 4.69) is 15.1 Å². The predicted octanol–water partition coefficient (Wildman–Crippen LogP) is 4.55. The van der Waals surface area contributed by atoms with Crippen molar-refractivity contribution in [2.75, 3.05) is 0 Å². The molecular weight excluding hydrogens is 342 g/mol. The smallest absolute Gasteiger partial charge is 0.183 e. The first kappa shape index (κ1) is 14.5. The molecule has 0 saturated heterocycles. The maximum absolute atomic E-state index is 13.5. The van der Waals surface area contributed by atoms with Gasteiger partial charge in [-0.25, -0.2) is 23.3 Å². The number of nitrogens with zero attached hydrogens (tertiary/aromatic N) is 4. The molecule has 0 amide bonds. The monoisotopic (exact) mass is 350 g/mol.